The molecule has 18 heavy (non-hydrogen) atoms. The number of hydrogen-bond donors (Lipinski definition) is 1. The van der Waals surface area contributed by atoms with E-state index in [4.69, 9.17) is 10.5 Å². The third-order valence-electron chi connectivity index (χ3n) is 2.42. The number of nitrogens with zero attached hydrogens (tertiary/aromatic N) is 2. The van der Waals surface area contributed by atoms with Gasteiger partial charge >= 0.3 is 0 Å². The van der Waals surface area contributed by atoms with Crippen LogP contribution in [0.15, 0.2) is 22.5 Å². The van der Waals surface area contributed by atoms with Crippen LogP contribution in [0.3, 0.4) is 0 Å². The van der Waals surface area contributed by atoms with Gasteiger partial charge in [-0.3, -0.25) is 0 Å². The van der Waals surface area contributed by atoms with Gasteiger partial charge in [0, 0.05) is 12.2 Å². The zero-order chi connectivity index (χ0) is 13.0. The quantitative estimate of drug-likeness (QED) is 0.674. The van der Waals surface area contributed by atoms with Gasteiger partial charge in [0.15, 0.2) is 4.34 Å². The Morgan fingerprint density at radius 3 is 2.89 bits per heavy atom. The van der Waals surface area contributed by atoms with E-state index in [1.807, 2.05) is 18.2 Å². The van der Waals surface area contributed by atoms with Gasteiger partial charge in [-0.25, -0.2) is 4.98 Å². The maximum atomic E-state index is 5.87. The topological polar surface area (TPSA) is 61.0 Å². The minimum absolute atomic E-state index is 0.669. The number of methoxy groups -OCH3 is 1. The number of nitrogen functional groups attached to an aromatic ring is 1. The molecule has 1 aromatic heterocycles. The van der Waals surface area contributed by atoms with Crippen molar-refractivity contribution in [1.82, 2.24) is 9.36 Å². The molecule has 0 aliphatic carbocycles. The number of hydrogen-bond acceptors (Lipinski definition) is 6. The first-order chi connectivity index (χ1) is 8.72. The summed E-state index contributed by atoms with van der Waals surface area (Å²) < 4.78 is 10.4. The highest BCUT2D eigenvalue weighted by molar-refractivity contribution is 8.00. The van der Waals surface area contributed by atoms with Crippen molar-refractivity contribution in [3.8, 4) is 5.75 Å². The Bertz CT molecular complexity index is 528. The molecule has 0 spiro atoms. The lowest BCUT2D eigenvalue weighted by Gasteiger charge is -2.06. The van der Waals surface area contributed by atoms with Gasteiger partial charge in [-0.1, -0.05) is 24.8 Å². The highest BCUT2D eigenvalue weighted by Crippen LogP contribution is 2.28. The second-order valence-corrected chi connectivity index (χ2v) is 5.67. The summed E-state index contributed by atoms with van der Waals surface area (Å²) in [7, 11) is 1.62. The van der Waals surface area contributed by atoms with Crippen LogP contribution in [0.1, 0.15) is 18.3 Å². The minimum Gasteiger partial charge on any atom is -0.495 e. The number of anilines is 1. The molecule has 1 aromatic carbocycles. The summed E-state index contributed by atoms with van der Waals surface area (Å²) in [6.07, 6.45) is 0.881. The Hall–Kier alpha value is -1.27. The van der Waals surface area contributed by atoms with Crippen LogP contribution < -0.4 is 10.5 Å². The van der Waals surface area contributed by atoms with Gasteiger partial charge in [0.25, 0.3) is 0 Å². The van der Waals surface area contributed by atoms with Gasteiger partial charge in [0.1, 0.15) is 11.6 Å². The van der Waals surface area contributed by atoms with E-state index in [0.29, 0.717) is 11.4 Å². The molecule has 2 N–H and O–H groups in total. The van der Waals surface area contributed by atoms with Crippen LogP contribution in [-0.4, -0.2) is 16.5 Å². The molecule has 0 radical (unpaired) electrons. The first kappa shape index (κ1) is 13.2. The van der Waals surface area contributed by atoms with Crippen molar-refractivity contribution < 1.29 is 4.74 Å². The molecule has 0 unspecified atom stereocenters. The lowest BCUT2D eigenvalue weighted by atomic mass is 10.2. The van der Waals surface area contributed by atoms with Gasteiger partial charge in [-0.2, -0.15) is 4.37 Å². The van der Waals surface area contributed by atoms with Crippen molar-refractivity contribution in [2.45, 2.75) is 23.4 Å². The van der Waals surface area contributed by atoms with Gasteiger partial charge in [0.2, 0.25) is 0 Å². The highest BCUT2D eigenvalue weighted by Gasteiger charge is 2.05. The molecule has 0 fully saturated rings. The molecule has 0 aliphatic rings. The molecule has 0 saturated heterocycles. The Balaban J connectivity index is 1.99. The summed E-state index contributed by atoms with van der Waals surface area (Å²) in [6, 6.07) is 5.85. The summed E-state index contributed by atoms with van der Waals surface area (Å²) >= 11 is 3.13. The van der Waals surface area contributed by atoms with Crippen LogP contribution in [-0.2, 0) is 12.2 Å². The fourth-order valence-corrected chi connectivity index (χ4v) is 3.10. The predicted octanol–water partition coefficient (Wildman–Crippen LogP) is 2.98. The summed E-state index contributed by atoms with van der Waals surface area (Å²) in [5, 5.41) is 0. The maximum Gasteiger partial charge on any atom is 0.170 e. The highest BCUT2D eigenvalue weighted by atomic mass is 32.2. The average molecular weight is 281 g/mol. The molecule has 6 heteroatoms. The number of nitrogens with two attached hydrogens (primary N) is 1. The van der Waals surface area contributed by atoms with E-state index in [1.54, 1.807) is 18.9 Å². The van der Waals surface area contributed by atoms with E-state index >= 15 is 0 Å². The van der Waals surface area contributed by atoms with E-state index in [2.05, 4.69) is 16.3 Å². The van der Waals surface area contributed by atoms with E-state index in [0.717, 1.165) is 27.9 Å². The van der Waals surface area contributed by atoms with Crippen LogP contribution in [0.2, 0.25) is 0 Å². The molecule has 2 aromatic rings. The van der Waals surface area contributed by atoms with Crippen molar-refractivity contribution >= 4 is 29.0 Å². The zero-order valence-corrected chi connectivity index (χ0v) is 12.0. The summed E-state index contributed by atoms with van der Waals surface area (Å²) in [4.78, 5) is 4.41. The van der Waals surface area contributed by atoms with Crippen LogP contribution >= 0.6 is 23.3 Å². The number of benzene rings is 1. The second kappa shape index (κ2) is 6.06. The number of ether oxygens (including phenoxy) is 1. The number of rotatable bonds is 5. The Labute approximate surface area is 115 Å². The lowest BCUT2D eigenvalue weighted by molar-refractivity contribution is 0.417. The zero-order valence-electron chi connectivity index (χ0n) is 10.3. The van der Waals surface area contributed by atoms with Crippen LogP contribution in [0, 0.1) is 0 Å². The van der Waals surface area contributed by atoms with Crippen LogP contribution in [0.4, 0.5) is 5.69 Å². The summed E-state index contributed by atoms with van der Waals surface area (Å²) in [5.41, 5.74) is 7.69. The Morgan fingerprint density at radius 2 is 2.28 bits per heavy atom. The van der Waals surface area contributed by atoms with Gasteiger partial charge in [-0.05, 0) is 29.2 Å². The third kappa shape index (κ3) is 3.14. The van der Waals surface area contributed by atoms with Crippen molar-refractivity contribution in [2.24, 2.45) is 0 Å². The van der Waals surface area contributed by atoms with E-state index in [-0.39, 0.29) is 0 Å². The molecular formula is C12H15N3OS2. The molecular weight excluding hydrogens is 266 g/mol. The number of aryl methyl sites for hydroxylation is 1. The SMILES string of the molecule is CCc1nsc(SCc2ccc(OC)c(N)c2)n1. The van der Waals surface area contributed by atoms with Crippen molar-refractivity contribution in [2.75, 3.05) is 12.8 Å². The van der Waals surface area contributed by atoms with Gasteiger partial charge < -0.3 is 10.5 Å². The van der Waals surface area contributed by atoms with E-state index < -0.39 is 0 Å². The number of thioether (sulfide) groups is 1. The molecule has 0 saturated carbocycles. The Morgan fingerprint density at radius 1 is 1.44 bits per heavy atom. The Kier molecular flexibility index (Phi) is 4.43. The smallest absolute Gasteiger partial charge is 0.170 e. The molecule has 1 heterocycles. The monoisotopic (exact) mass is 281 g/mol. The van der Waals surface area contributed by atoms with E-state index in [9.17, 15) is 0 Å². The van der Waals surface area contributed by atoms with Crippen LogP contribution in [0.25, 0.3) is 0 Å². The molecule has 0 atom stereocenters. The van der Waals surface area contributed by atoms with Crippen LogP contribution in [0.5, 0.6) is 5.75 Å². The molecule has 4 nitrogen and oxygen atoms in total. The first-order valence-corrected chi connectivity index (χ1v) is 7.36. The molecule has 0 bridgehead atoms. The van der Waals surface area contributed by atoms with Crippen molar-refractivity contribution in [1.29, 1.82) is 0 Å². The fraction of sp³-hybridized carbons (Fsp3) is 0.333. The molecule has 0 amide bonds. The molecule has 2 rings (SSSR count). The standard InChI is InChI=1S/C12H15N3OS2/c1-3-11-14-12(18-15-11)17-7-8-4-5-10(16-2)9(13)6-8/h4-6H,3,7,13H2,1-2H3. The molecule has 96 valence electrons. The summed E-state index contributed by atoms with van der Waals surface area (Å²) in [6.45, 7) is 2.06. The fourth-order valence-electron chi connectivity index (χ4n) is 1.46. The van der Waals surface area contributed by atoms with Crippen molar-refractivity contribution in [3.63, 3.8) is 0 Å². The predicted molar refractivity (Wildman–Crippen MR) is 76.3 cm³/mol. The normalized spacial score (nSPS) is 10.6. The van der Waals surface area contributed by atoms with Crippen molar-refractivity contribution in [3.05, 3.63) is 29.6 Å². The molecule has 0 aliphatic heterocycles. The minimum atomic E-state index is 0.669. The largest absolute Gasteiger partial charge is 0.495 e. The number of aromatic nitrogens is 2. The third-order valence-corrected chi connectivity index (χ3v) is 4.36. The average Bonchev–Trinajstić information content (AvgIpc) is 2.84. The maximum absolute atomic E-state index is 5.87. The second-order valence-electron chi connectivity index (χ2n) is 3.70. The first-order valence-electron chi connectivity index (χ1n) is 5.60. The van der Waals surface area contributed by atoms with E-state index in [1.165, 1.54) is 11.5 Å². The van der Waals surface area contributed by atoms with Gasteiger partial charge in [0.05, 0.1) is 12.8 Å². The summed E-state index contributed by atoms with van der Waals surface area (Å²) in [5.74, 6) is 2.47. The van der Waals surface area contributed by atoms with Gasteiger partial charge in [-0.15, -0.1) is 0 Å². The lowest BCUT2D eigenvalue weighted by Crippen LogP contribution is -1.93.